The summed E-state index contributed by atoms with van der Waals surface area (Å²) in [5.74, 6) is 0. The summed E-state index contributed by atoms with van der Waals surface area (Å²) in [4.78, 5) is 4.16. The van der Waals surface area contributed by atoms with E-state index in [-0.39, 0.29) is 6.42 Å². The second-order valence-corrected chi connectivity index (χ2v) is 3.99. The number of fused-ring (bicyclic) bond motifs is 1. The molecule has 98 valence electrons. The minimum atomic E-state index is -4.07. The molecule has 2 rings (SSSR count). The first-order chi connectivity index (χ1) is 8.54. The standard InChI is InChI=1S/C12H13F3N2O/c13-12(14,15)7-3-4-8-16-11-17-9-5-1-2-6-10(9)18-11/h1-2,5-6H,3-4,7-8H2,(H,16,17). The number of alkyl halides is 3. The fourth-order valence-electron chi connectivity index (χ4n) is 1.59. The van der Waals surface area contributed by atoms with Gasteiger partial charge < -0.3 is 9.73 Å². The van der Waals surface area contributed by atoms with Gasteiger partial charge in [-0.05, 0) is 25.0 Å². The third kappa shape index (κ3) is 3.65. The molecule has 1 aromatic heterocycles. The SMILES string of the molecule is FC(F)(F)CCCCNc1nc2ccccc2o1. The number of unbranched alkanes of at least 4 members (excludes halogenated alkanes) is 1. The van der Waals surface area contributed by atoms with E-state index in [1.165, 1.54) is 0 Å². The number of nitrogens with one attached hydrogen (secondary N) is 1. The molecular weight excluding hydrogens is 245 g/mol. The van der Waals surface area contributed by atoms with Crippen molar-refractivity contribution in [1.29, 1.82) is 0 Å². The van der Waals surface area contributed by atoms with Crippen molar-refractivity contribution in [2.45, 2.75) is 25.4 Å². The summed E-state index contributed by atoms with van der Waals surface area (Å²) >= 11 is 0. The average Bonchev–Trinajstić information content (AvgIpc) is 2.69. The third-order valence-electron chi connectivity index (χ3n) is 2.46. The van der Waals surface area contributed by atoms with Gasteiger partial charge in [0.25, 0.3) is 6.01 Å². The molecule has 0 saturated carbocycles. The molecule has 6 heteroatoms. The van der Waals surface area contributed by atoms with Gasteiger partial charge in [0.1, 0.15) is 5.52 Å². The monoisotopic (exact) mass is 258 g/mol. The second kappa shape index (κ2) is 5.29. The van der Waals surface area contributed by atoms with Crippen LogP contribution in [0.5, 0.6) is 0 Å². The number of oxazole rings is 1. The molecular formula is C12H13F3N2O. The van der Waals surface area contributed by atoms with E-state index in [4.69, 9.17) is 4.42 Å². The molecule has 0 aliphatic rings. The van der Waals surface area contributed by atoms with Crippen molar-refractivity contribution in [3.8, 4) is 0 Å². The Balaban J connectivity index is 1.77. The highest BCUT2D eigenvalue weighted by Crippen LogP contribution is 2.22. The van der Waals surface area contributed by atoms with E-state index in [9.17, 15) is 13.2 Å². The lowest BCUT2D eigenvalue weighted by atomic mass is 10.2. The smallest absolute Gasteiger partial charge is 0.389 e. The van der Waals surface area contributed by atoms with E-state index < -0.39 is 12.6 Å². The maximum Gasteiger partial charge on any atom is 0.389 e. The number of anilines is 1. The first kappa shape index (κ1) is 12.7. The van der Waals surface area contributed by atoms with E-state index in [0.29, 0.717) is 24.6 Å². The lowest BCUT2D eigenvalue weighted by Gasteiger charge is -2.05. The Kier molecular flexibility index (Phi) is 3.74. The van der Waals surface area contributed by atoms with Gasteiger partial charge in [-0.1, -0.05) is 12.1 Å². The number of aromatic nitrogens is 1. The van der Waals surface area contributed by atoms with Crippen LogP contribution in [0.25, 0.3) is 11.1 Å². The molecule has 0 atom stereocenters. The summed E-state index contributed by atoms with van der Waals surface area (Å²) in [6.45, 7) is 0.420. The summed E-state index contributed by atoms with van der Waals surface area (Å²) in [6.07, 6.45) is -4.28. The number of hydrogen-bond donors (Lipinski definition) is 1. The minimum Gasteiger partial charge on any atom is -0.424 e. The van der Waals surface area contributed by atoms with E-state index >= 15 is 0 Å². The molecule has 1 aromatic carbocycles. The predicted octanol–water partition coefficient (Wildman–Crippen LogP) is 3.97. The Morgan fingerprint density at radius 3 is 2.67 bits per heavy atom. The third-order valence-corrected chi connectivity index (χ3v) is 2.46. The molecule has 0 saturated heterocycles. The Morgan fingerprint density at radius 1 is 1.17 bits per heavy atom. The number of hydrogen-bond acceptors (Lipinski definition) is 3. The van der Waals surface area contributed by atoms with Crippen LogP contribution in [0.15, 0.2) is 28.7 Å². The first-order valence-corrected chi connectivity index (χ1v) is 5.71. The lowest BCUT2D eigenvalue weighted by Crippen LogP contribution is -2.08. The minimum absolute atomic E-state index is 0.108. The molecule has 2 aromatic rings. The van der Waals surface area contributed by atoms with Gasteiger partial charge in [0.2, 0.25) is 0 Å². The summed E-state index contributed by atoms with van der Waals surface area (Å²) < 4.78 is 41.1. The molecule has 0 bridgehead atoms. The van der Waals surface area contributed by atoms with Crippen LogP contribution in [-0.4, -0.2) is 17.7 Å². The molecule has 0 amide bonds. The number of nitrogens with zero attached hydrogens (tertiary/aromatic N) is 1. The second-order valence-electron chi connectivity index (χ2n) is 3.99. The molecule has 0 spiro atoms. The van der Waals surface area contributed by atoms with Crippen molar-refractivity contribution in [3.63, 3.8) is 0 Å². The van der Waals surface area contributed by atoms with Crippen LogP contribution >= 0.6 is 0 Å². The zero-order chi connectivity index (χ0) is 13.0. The Bertz CT molecular complexity index is 474. The molecule has 18 heavy (non-hydrogen) atoms. The largest absolute Gasteiger partial charge is 0.424 e. The molecule has 0 aliphatic heterocycles. The number of benzene rings is 1. The van der Waals surface area contributed by atoms with Crippen LogP contribution in [-0.2, 0) is 0 Å². The fraction of sp³-hybridized carbons (Fsp3) is 0.417. The van der Waals surface area contributed by atoms with Crippen LogP contribution in [0.2, 0.25) is 0 Å². The van der Waals surface area contributed by atoms with Crippen molar-refractivity contribution in [3.05, 3.63) is 24.3 Å². The van der Waals surface area contributed by atoms with E-state index in [0.717, 1.165) is 5.52 Å². The van der Waals surface area contributed by atoms with Crippen molar-refractivity contribution >= 4 is 17.1 Å². The highest BCUT2D eigenvalue weighted by atomic mass is 19.4. The van der Waals surface area contributed by atoms with Crippen LogP contribution in [0.3, 0.4) is 0 Å². The zero-order valence-corrected chi connectivity index (χ0v) is 9.63. The van der Waals surface area contributed by atoms with Crippen molar-refractivity contribution < 1.29 is 17.6 Å². The predicted molar refractivity (Wildman–Crippen MR) is 62.4 cm³/mol. The van der Waals surface area contributed by atoms with E-state index in [1.54, 1.807) is 6.07 Å². The summed E-state index contributed by atoms with van der Waals surface area (Å²) in [6, 6.07) is 7.63. The molecule has 0 fully saturated rings. The molecule has 1 heterocycles. The number of rotatable bonds is 5. The Hall–Kier alpha value is -1.72. The van der Waals surface area contributed by atoms with Gasteiger partial charge in [-0.3, -0.25) is 0 Å². The summed E-state index contributed by atoms with van der Waals surface area (Å²) in [5.41, 5.74) is 1.39. The molecule has 1 N–H and O–H groups in total. The van der Waals surface area contributed by atoms with Crippen LogP contribution < -0.4 is 5.32 Å². The van der Waals surface area contributed by atoms with Crippen LogP contribution in [0, 0.1) is 0 Å². The normalized spacial score (nSPS) is 11.9. The van der Waals surface area contributed by atoms with Crippen molar-refractivity contribution in [1.82, 2.24) is 4.98 Å². The van der Waals surface area contributed by atoms with Crippen molar-refractivity contribution in [2.75, 3.05) is 11.9 Å². The van der Waals surface area contributed by atoms with Crippen LogP contribution in [0.1, 0.15) is 19.3 Å². The van der Waals surface area contributed by atoms with Gasteiger partial charge in [0.15, 0.2) is 5.58 Å². The lowest BCUT2D eigenvalue weighted by molar-refractivity contribution is -0.135. The van der Waals surface area contributed by atoms with Gasteiger partial charge in [0.05, 0.1) is 0 Å². The fourth-order valence-corrected chi connectivity index (χ4v) is 1.59. The summed E-state index contributed by atoms with van der Waals surface area (Å²) in [5, 5.41) is 2.88. The maximum atomic E-state index is 11.9. The molecule has 0 aliphatic carbocycles. The Labute approximate surface area is 102 Å². The average molecular weight is 258 g/mol. The first-order valence-electron chi connectivity index (χ1n) is 5.71. The van der Waals surface area contributed by atoms with Gasteiger partial charge in [-0.15, -0.1) is 0 Å². The topological polar surface area (TPSA) is 38.1 Å². The zero-order valence-electron chi connectivity index (χ0n) is 9.63. The van der Waals surface area contributed by atoms with Gasteiger partial charge in [-0.2, -0.15) is 18.2 Å². The van der Waals surface area contributed by atoms with Gasteiger partial charge >= 0.3 is 6.18 Å². The number of para-hydroxylation sites is 2. The maximum absolute atomic E-state index is 11.9. The van der Waals surface area contributed by atoms with Gasteiger partial charge in [-0.25, -0.2) is 0 Å². The van der Waals surface area contributed by atoms with E-state index in [2.05, 4.69) is 10.3 Å². The molecule has 3 nitrogen and oxygen atoms in total. The highest BCUT2D eigenvalue weighted by Gasteiger charge is 2.25. The van der Waals surface area contributed by atoms with Crippen molar-refractivity contribution in [2.24, 2.45) is 0 Å². The Morgan fingerprint density at radius 2 is 1.94 bits per heavy atom. The number of halogens is 3. The quantitative estimate of drug-likeness (QED) is 0.824. The van der Waals surface area contributed by atoms with E-state index in [1.807, 2.05) is 18.2 Å². The highest BCUT2D eigenvalue weighted by molar-refractivity contribution is 5.74. The molecule has 0 radical (unpaired) electrons. The van der Waals surface area contributed by atoms with Crippen LogP contribution in [0.4, 0.5) is 19.2 Å². The summed E-state index contributed by atoms with van der Waals surface area (Å²) in [7, 11) is 0. The molecule has 0 unspecified atom stereocenters. The van der Waals surface area contributed by atoms with Gasteiger partial charge in [0, 0.05) is 13.0 Å².